The number of ether oxygens (including phenoxy) is 4. The van der Waals surface area contributed by atoms with Crippen molar-refractivity contribution in [2.45, 2.75) is 13.2 Å². The summed E-state index contributed by atoms with van der Waals surface area (Å²) in [7, 11) is 1.50. The average molecular weight is 478 g/mol. The van der Waals surface area contributed by atoms with Gasteiger partial charge in [0.15, 0.2) is 17.2 Å². The lowest BCUT2D eigenvalue weighted by Crippen LogP contribution is -2.45. The molecule has 0 saturated carbocycles. The van der Waals surface area contributed by atoms with Crippen LogP contribution < -0.4 is 20.1 Å². The van der Waals surface area contributed by atoms with E-state index in [0.717, 1.165) is 0 Å². The third-order valence-corrected chi connectivity index (χ3v) is 5.01. The molecular formula is C23H28ClN3O6. The summed E-state index contributed by atoms with van der Waals surface area (Å²) in [6.45, 7) is 3.05. The van der Waals surface area contributed by atoms with Crippen molar-refractivity contribution in [2.24, 2.45) is 0 Å². The Morgan fingerprint density at radius 3 is 2.76 bits per heavy atom. The topological polar surface area (TPSA) is 98.4 Å². The first-order valence-corrected chi connectivity index (χ1v) is 10.9. The van der Waals surface area contributed by atoms with Gasteiger partial charge < -0.3 is 29.6 Å². The molecule has 0 radical (unpaired) electrons. The van der Waals surface area contributed by atoms with Gasteiger partial charge in [-0.2, -0.15) is 0 Å². The SMILES string of the molecule is COC(C)NC(=O)CN1CCOCCOc2ccccc2Oc2ccc(Cl)cc2NC(=O)C1. The van der Waals surface area contributed by atoms with Crippen LogP contribution in [0.1, 0.15) is 6.92 Å². The van der Waals surface area contributed by atoms with Crippen molar-refractivity contribution in [1.82, 2.24) is 10.2 Å². The van der Waals surface area contributed by atoms with E-state index in [1.807, 2.05) is 12.1 Å². The van der Waals surface area contributed by atoms with E-state index >= 15 is 0 Å². The van der Waals surface area contributed by atoms with Crippen molar-refractivity contribution in [2.75, 3.05) is 51.9 Å². The summed E-state index contributed by atoms with van der Waals surface area (Å²) in [6.07, 6.45) is -0.434. The fourth-order valence-electron chi connectivity index (χ4n) is 3.11. The lowest BCUT2D eigenvalue weighted by molar-refractivity contribution is -0.126. The molecule has 0 aliphatic carbocycles. The molecule has 0 saturated heterocycles. The largest absolute Gasteiger partial charge is 0.487 e. The van der Waals surface area contributed by atoms with Crippen LogP contribution in [0.25, 0.3) is 0 Å². The van der Waals surface area contributed by atoms with Crippen LogP contribution in [0.5, 0.6) is 17.2 Å². The molecule has 2 amide bonds. The molecule has 0 spiro atoms. The van der Waals surface area contributed by atoms with Crippen molar-refractivity contribution in [1.29, 1.82) is 0 Å². The number of amides is 2. The van der Waals surface area contributed by atoms with Crippen LogP contribution in [0.2, 0.25) is 5.02 Å². The molecule has 2 N–H and O–H groups in total. The molecule has 1 aliphatic heterocycles. The highest BCUT2D eigenvalue weighted by Gasteiger charge is 2.18. The molecule has 0 aromatic heterocycles. The molecule has 3 rings (SSSR count). The third kappa shape index (κ3) is 7.90. The Morgan fingerprint density at radius 2 is 1.97 bits per heavy atom. The number of hydrogen-bond donors (Lipinski definition) is 2. The molecule has 2 aromatic carbocycles. The van der Waals surface area contributed by atoms with E-state index in [1.54, 1.807) is 42.2 Å². The third-order valence-electron chi connectivity index (χ3n) is 4.77. The Balaban J connectivity index is 1.80. The summed E-state index contributed by atoms with van der Waals surface area (Å²) >= 11 is 6.16. The van der Waals surface area contributed by atoms with Gasteiger partial charge in [-0.1, -0.05) is 23.7 Å². The summed E-state index contributed by atoms with van der Waals surface area (Å²) in [4.78, 5) is 26.8. The highest BCUT2D eigenvalue weighted by Crippen LogP contribution is 2.36. The van der Waals surface area contributed by atoms with Crippen LogP contribution in [0, 0.1) is 0 Å². The van der Waals surface area contributed by atoms with Gasteiger partial charge in [0.05, 0.1) is 32.0 Å². The van der Waals surface area contributed by atoms with Crippen LogP contribution in [0.3, 0.4) is 0 Å². The standard InChI is InChI=1S/C23H28ClN3O6/c1-16(30-2)25-22(28)14-27-9-10-31-11-12-32-20-5-3-4-6-21(20)33-19-8-7-17(24)13-18(19)26-23(29)15-27/h3-8,13,16H,9-12,14-15H2,1-2H3,(H,25,28)(H,26,29). The Hall–Kier alpha value is -2.85. The Morgan fingerprint density at radius 1 is 1.18 bits per heavy atom. The number of carbonyl (C=O) groups is 2. The van der Waals surface area contributed by atoms with Crippen molar-refractivity contribution in [3.8, 4) is 17.2 Å². The molecule has 33 heavy (non-hydrogen) atoms. The molecule has 10 heteroatoms. The molecule has 1 atom stereocenters. The predicted octanol–water partition coefficient (Wildman–Crippen LogP) is 2.89. The van der Waals surface area contributed by atoms with E-state index in [1.165, 1.54) is 7.11 Å². The maximum atomic E-state index is 12.8. The Bertz CT molecular complexity index is 958. The molecule has 1 unspecified atom stereocenters. The van der Waals surface area contributed by atoms with Gasteiger partial charge in [-0.15, -0.1) is 0 Å². The summed E-state index contributed by atoms with van der Waals surface area (Å²) in [5.41, 5.74) is 0.408. The van der Waals surface area contributed by atoms with E-state index < -0.39 is 6.23 Å². The molecule has 9 nitrogen and oxygen atoms in total. The zero-order valence-corrected chi connectivity index (χ0v) is 19.4. The number of anilines is 1. The lowest BCUT2D eigenvalue weighted by atomic mass is 10.2. The first kappa shape index (κ1) is 24.8. The van der Waals surface area contributed by atoms with Crippen molar-refractivity contribution in [3.05, 3.63) is 47.5 Å². The number of benzene rings is 2. The zero-order valence-electron chi connectivity index (χ0n) is 18.6. The van der Waals surface area contributed by atoms with E-state index in [2.05, 4.69) is 10.6 Å². The summed E-state index contributed by atoms with van der Waals surface area (Å²) < 4.78 is 22.6. The summed E-state index contributed by atoms with van der Waals surface area (Å²) in [5, 5.41) is 5.98. The van der Waals surface area contributed by atoms with Gasteiger partial charge in [0.2, 0.25) is 11.8 Å². The average Bonchev–Trinajstić information content (AvgIpc) is 2.78. The minimum Gasteiger partial charge on any atom is -0.487 e. The smallest absolute Gasteiger partial charge is 0.238 e. The fraction of sp³-hybridized carbons (Fsp3) is 0.391. The number of rotatable bonds is 4. The quantitative estimate of drug-likeness (QED) is 0.653. The number of nitrogens with one attached hydrogen (secondary N) is 2. The van der Waals surface area contributed by atoms with Gasteiger partial charge in [-0.25, -0.2) is 0 Å². The first-order chi connectivity index (χ1) is 15.9. The summed E-state index contributed by atoms with van der Waals surface area (Å²) in [5.74, 6) is 0.868. The molecular weight excluding hydrogens is 450 g/mol. The molecule has 0 bridgehead atoms. The number of hydrogen-bond acceptors (Lipinski definition) is 7. The second-order valence-corrected chi connectivity index (χ2v) is 7.79. The normalized spacial score (nSPS) is 16.5. The van der Waals surface area contributed by atoms with Gasteiger partial charge >= 0.3 is 0 Å². The number of halogens is 1. The lowest BCUT2D eigenvalue weighted by Gasteiger charge is -2.22. The molecule has 0 fully saturated rings. The monoisotopic (exact) mass is 477 g/mol. The molecule has 1 aliphatic rings. The van der Waals surface area contributed by atoms with E-state index in [9.17, 15) is 9.59 Å². The number of fused-ring (bicyclic) bond motifs is 2. The van der Waals surface area contributed by atoms with Gasteiger partial charge in [-0.3, -0.25) is 14.5 Å². The summed E-state index contributed by atoms with van der Waals surface area (Å²) in [6, 6.07) is 12.2. The minimum absolute atomic E-state index is 0.00528. The maximum absolute atomic E-state index is 12.8. The second-order valence-electron chi connectivity index (χ2n) is 7.35. The van der Waals surface area contributed by atoms with Gasteiger partial charge in [0.25, 0.3) is 0 Å². The molecule has 2 aromatic rings. The van der Waals surface area contributed by atoms with E-state index in [4.69, 9.17) is 30.5 Å². The fourth-order valence-corrected chi connectivity index (χ4v) is 3.28. The highest BCUT2D eigenvalue weighted by molar-refractivity contribution is 6.31. The van der Waals surface area contributed by atoms with Crippen LogP contribution >= 0.6 is 11.6 Å². The number of para-hydroxylation sites is 2. The van der Waals surface area contributed by atoms with E-state index in [-0.39, 0.29) is 24.9 Å². The first-order valence-electron chi connectivity index (χ1n) is 10.6. The van der Waals surface area contributed by atoms with Gasteiger partial charge in [-0.05, 0) is 37.3 Å². The zero-order chi connectivity index (χ0) is 23.6. The maximum Gasteiger partial charge on any atom is 0.238 e. The number of nitrogens with zero attached hydrogens (tertiary/aromatic N) is 1. The number of methoxy groups -OCH3 is 1. The predicted molar refractivity (Wildman–Crippen MR) is 124 cm³/mol. The highest BCUT2D eigenvalue weighted by atomic mass is 35.5. The van der Waals surface area contributed by atoms with Crippen molar-refractivity contribution in [3.63, 3.8) is 0 Å². The van der Waals surface area contributed by atoms with Crippen LogP contribution in [-0.2, 0) is 19.1 Å². The molecule has 1 heterocycles. The Kier molecular flexibility index (Phi) is 9.32. The van der Waals surface area contributed by atoms with Gasteiger partial charge in [0.1, 0.15) is 12.8 Å². The van der Waals surface area contributed by atoms with Crippen LogP contribution in [0.15, 0.2) is 42.5 Å². The molecule has 178 valence electrons. The van der Waals surface area contributed by atoms with Gasteiger partial charge in [0, 0.05) is 18.7 Å². The van der Waals surface area contributed by atoms with Crippen molar-refractivity contribution >= 4 is 29.1 Å². The van der Waals surface area contributed by atoms with E-state index in [0.29, 0.717) is 54.3 Å². The minimum atomic E-state index is -0.434. The Labute approximate surface area is 197 Å². The second kappa shape index (κ2) is 12.4. The van der Waals surface area contributed by atoms with Crippen molar-refractivity contribution < 1.29 is 28.5 Å². The van der Waals surface area contributed by atoms with Crippen LogP contribution in [0.4, 0.5) is 5.69 Å². The van der Waals surface area contributed by atoms with Crippen LogP contribution in [-0.4, -0.2) is 69.5 Å². The number of carbonyl (C=O) groups excluding carboxylic acids is 2.